The van der Waals surface area contributed by atoms with E-state index in [2.05, 4.69) is 10.3 Å². The summed E-state index contributed by atoms with van der Waals surface area (Å²) in [5.74, 6) is -2.10. The zero-order valence-corrected chi connectivity index (χ0v) is 23.2. The molecule has 1 amide bonds. The van der Waals surface area contributed by atoms with E-state index in [0.717, 1.165) is 16.9 Å². The van der Waals surface area contributed by atoms with E-state index in [1.165, 1.54) is 25.1 Å². The number of rotatable bonds is 9. The van der Waals surface area contributed by atoms with E-state index in [0.29, 0.717) is 23.4 Å². The summed E-state index contributed by atoms with van der Waals surface area (Å²) in [6.45, 7) is 3.67. The Balaban J connectivity index is 1.58. The van der Waals surface area contributed by atoms with E-state index in [9.17, 15) is 9.59 Å². The van der Waals surface area contributed by atoms with Crippen LogP contribution in [0.4, 0.5) is 9.52 Å². The van der Waals surface area contributed by atoms with Crippen LogP contribution >= 0.6 is 34.5 Å². The van der Waals surface area contributed by atoms with Crippen molar-refractivity contribution in [2.24, 2.45) is 0 Å². The van der Waals surface area contributed by atoms with Crippen LogP contribution in [0.1, 0.15) is 47.0 Å². The van der Waals surface area contributed by atoms with Crippen LogP contribution < -0.4 is 5.32 Å². The quantitative estimate of drug-likeness (QED) is 0.194. The van der Waals surface area contributed by atoms with Crippen molar-refractivity contribution in [3.63, 3.8) is 0 Å². The largest absolute Gasteiger partial charge is 0.478 e. The van der Waals surface area contributed by atoms with Crippen LogP contribution in [-0.4, -0.2) is 28.6 Å². The number of carbonyl (C=O) groups excluding carboxylic acids is 1. The Kier molecular flexibility index (Phi) is 9.14. The van der Waals surface area contributed by atoms with Crippen LogP contribution in [0.5, 0.6) is 0 Å². The van der Waals surface area contributed by atoms with E-state index < -0.39 is 23.8 Å². The second-order valence-electron chi connectivity index (χ2n) is 8.43. The molecule has 0 saturated carbocycles. The zero-order valence-electron chi connectivity index (χ0n) is 20.9. The number of nitrogens with zero attached hydrogens (tertiary/aromatic N) is 1. The normalized spacial score (nSPS) is 12.3. The van der Waals surface area contributed by atoms with Crippen LogP contribution in [-0.2, 0) is 9.53 Å². The first-order valence-electron chi connectivity index (χ1n) is 11.8. The van der Waals surface area contributed by atoms with Crippen molar-refractivity contribution in [3.05, 3.63) is 110 Å². The van der Waals surface area contributed by atoms with Gasteiger partial charge in [-0.1, -0.05) is 65.7 Å². The fourth-order valence-electron chi connectivity index (χ4n) is 3.87. The molecular weight excluding hydrogens is 562 g/mol. The van der Waals surface area contributed by atoms with Crippen molar-refractivity contribution in [2.75, 3.05) is 11.9 Å². The lowest BCUT2D eigenvalue weighted by Crippen LogP contribution is -2.12. The predicted molar refractivity (Wildman–Crippen MR) is 153 cm³/mol. The summed E-state index contributed by atoms with van der Waals surface area (Å²) >= 11 is 13.7. The third-order valence-electron chi connectivity index (χ3n) is 5.79. The summed E-state index contributed by atoms with van der Waals surface area (Å²) in [6, 6.07) is 17.2. The number of thiazole rings is 1. The molecule has 4 rings (SSSR count). The fraction of sp³-hybridized carbons (Fsp3) is 0.138. The first-order valence-corrected chi connectivity index (χ1v) is 13.5. The van der Waals surface area contributed by atoms with Gasteiger partial charge >= 0.3 is 5.97 Å². The van der Waals surface area contributed by atoms with Gasteiger partial charge in [-0.25, -0.2) is 14.2 Å². The number of amides is 1. The summed E-state index contributed by atoms with van der Waals surface area (Å²) in [6.07, 6.45) is 0.749. The number of ether oxygens (including phenoxy) is 1. The van der Waals surface area contributed by atoms with Gasteiger partial charge in [-0.15, -0.1) is 11.3 Å². The third kappa shape index (κ3) is 6.54. The van der Waals surface area contributed by atoms with E-state index >= 15 is 4.39 Å². The molecule has 0 aliphatic carbocycles. The van der Waals surface area contributed by atoms with Crippen LogP contribution in [0.2, 0.25) is 10.0 Å². The lowest BCUT2D eigenvalue weighted by Gasteiger charge is -2.19. The molecule has 1 aromatic heterocycles. The molecule has 4 aromatic rings. The van der Waals surface area contributed by atoms with Crippen molar-refractivity contribution >= 4 is 57.6 Å². The lowest BCUT2D eigenvalue weighted by molar-refractivity contribution is -0.132. The Labute approximate surface area is 238 Å². The van der Waals surface area contributed by atoms with Crippen LogP contribution in [0.25, 0.3) is 17.3 Å². The number of carboxylic acid groups (broad SMARTS) is 1. The summed E-state index contributed by atoms with van der Waals surface area (Å²) < 4.78 is 21.6. The van der Waals surface area contributed by atoms with E-state index in [1.54, 1.807) is 23.6 Å². The molecule has 0 aliphatic heterocycles. The third-order valence-corrected chi connectivity index (χ3v) is 7.17. The monoisotopic (exact) mass is 584 g/mol. The molecule has 0 fully saturated rings. The average molecular weight is 585 g/mol. The topological polar surface area (TPSA) is 88.5 Å². The van der Waals surface area contributed by atoms with Gasteiger partial charge in [-0.3, -0.25) is 10.1 Å². The van der Waals surface area contributed by atoms with Gasteiger partial charge in [0, 0.05) is 39.8 Å². The highest BCUT2D eigenvalue weighted by Gasteiger charge is 2.22. The van der Waals surface area contributed by atoms with E-state index in [1.807, 2.05) is 37.3 Å². The average Bonchev–Trinajstić information content (AvgIpc) is 3.38. The SMILES string of the molecule is CCOC(c1ccccc1)c1cccc(-c2csc(NC(=O)c3cc(Cl)c(/C=C(\C)C(=O)O)c(Cl)c3)n2)c1F. The number of benzene rings is 3. The first-order chi connectivity index (χ1) is 18.7. The summed E-state index contributed by atoms with van der Waals surface area (Å²) in [7, 11) is 0. The fourth-order valence-corrected chi connectivity index (χ4v) is 5.17. The van der Waals surface area contributed by atoms with Gasteiger partial charge < -0.3 is 9.84 Å². The second-order valence-corrected chi connectivity index (χ2v) is 10.1. The van der Waals surface area contributed by atoms with E-state index in [-0.39, 0.29) is 31.9 Å². The van der Waals surface area contributed by atoms with Crippen LogP contribution in [0, 0.1) is 5.82 Å². The highest BCUT2D eigenvalue weighted by Crippen LogP contribution is 2.35. The highest BCUT2D eigenvalue weighted by atomic mass is 35.5. The van der Waals surface area contributed by atoms with Crippen molar-refractivity contribution in [2.45, 2.75) is 20.0 Å². The van der Waals surface area contributed by atoms with Gasteiger partial charge in [0.15, 0.2) is 5.13 Å². The van der Waals surface area contributed by atoms with Crippen molar-refractivity contribution in [1.29, 1.82) is 0 Å². The van der Waals surface area contributed by atoms with Gasteiger partial charge in [0.1, 0.15) is 11.9 Å². The van der Waals surface area contributed by atoms with Gasteiger partial charge in [0.05, 0.1) is 15.7 Å². The van der Waals surface area contributed by atoms with E-state index in [4.69, 9.17) is 33.0 Å². The number of hydrogen-bond acceptors (Lipinski definition) is 5. The number of hydrogen-bond donors (Lipinski definition) is 2. The van der Waals surface area contributed by atoms with Gasteiger partial charge in [-0.05, 0) is 43.7 Å². The number of carboxylic acids is 1. The molecule has 0 saturated heterocycles. The first kappa shape index (κ1) is 28.4. The maximum Gasteiger partial charge on any atom is 0.331 e. The maximum absolute atomic E-state index is 15.7. The summed E-state index contributed by atoms with van der Waals surface area (Å²) in [4.78, 5) is 28.4. The molecule has 3 aromatic carbocycles. The molecule has 0 spiro atoms. The predicted octanol–water partition coefficient (Wildman–Crippen LogP) is 8.12. The Hall–Kier alpha value is -3.56. The number of aromatic nitrogens is 1. The number of aliphatic carboxylic acids is 1. The van der Waals surface area contributed by atoms with Gasteiger partial charge in [-0.2, -0.15) is 0 Å². The molecular formula is C29H23Cl2FN2O4S. The van der Waals surface area contributed by atoms with Crippen molar-refractivity contribution in [1.82, 2.24) is 4.98 Å². The van der Waals surface area contributed by atoms with Gasteiger partial charge in [0.2, 0.25) is 0 Å². The molecule has 2 N–H and O–H groups in total. The van der Waals surface area contributed by atoms with Crippen molar-refractivity contribution in [3.8, 4) is 11.3 Å². The Morgan fingerprint density at radius 2 is 1.82 bits per heavy atom. The maximum atomic E-state index is 15.7. The molecule has 200 valence electrons. The number of anilines is 1. The smallest absolute Gasteiger partial charge is 0.331 e. The Morgan fingerprint density at radius 1 is 1.13 bits per heavy atom. The minimum absolute atomic E-state index is 0.0407. The zero-order chi connectivity index (χ0) is 28.1. The molecule has 6 nitrogen and oxygen atoms in total. The molecule has 0 radical (unpaired) electrons. The Bertz CT molecular complexity index is 1530. The summed E-state index contributed by atoms with van der Waals surface area (Å²) in [5.41, 5.74) is 2.35. The molecule has 1 atom stereocenters. The number of halogens is 3. The number of nitrogens with one attached hydrogen (secondary N) is 1. The van der Waals surface area contributed by atoms with Crippen molar-refractivity contribution < 1.29 is 23.8 Å². The van der Waals surface area contributed by atoms with Crippen LogP contribution in [0.3, 0.4) is 0 Å². The molecule has 1 unspecified atom stereocenters. The standard InChI is InChI=1S/C29H23Cl2FN2O4S/c1-3-38-26(17-8-5-4-6-9-17)20-11-7-10-19(25(20)32)24-15-39-29(33-24)34-27(35)18-13-22(30)21(23(31)14-18)12-16(2)28(36)37/h4-15,26H,3H2,1-2H3,(H,36,37)(H,33,34,35)/b16-12+. The Morgan fingerprint density at radius 3 is 2.46 bits per heavy atom. The summed E-state index contributed by atoms with van der Waals surface area (Å²) in [5, 5.41) is 13.9. The van der Waals surface area contributed by atoms with Gasteiger partial charge in [0.25, 0.3) is 5.91 Å². The van der Waals surface area contributed by atoms with Crippen LogP contribution in [0.15, 0.2) is 71.6 Å². The molecule has 10 heteroatoms. The molecule has 39 heavy (non-hydrogen) atoms. The minimum atomic E-state index is -1.11. The molecule has 1 heterocycles. The number of carbonyl (C=O) groups is 2. The lowest BCUT2D eigenvalue weighted by atomic mass is 9.98. The highest BCUT2D eigenvalue weighted by molar-refractivity contribution is 7.14. The molecule has 0 aliphatic rings. The molecule has 0 bridgehead atoms. The second kappa shape index (κ2) is 12.5. The minimum Gasteiger partial charge on any atom is -0.478 e.